The van der Waals surface area contributed by atoms with Gasteiger partial charge in [0.25, 0.3) is 5.91 Å². The van der Waals surface area contributed by atoms with E-state index in [1.54, 1.807) is 18.7 Å². The average molecular weight is 460 g/mol. The SMILES string of the molecule is CC(C)(N)C(=O)N[C@H](Cn1ccc2ccccc21)C(=O)N1CCN2C(=O)c3ccccc3C2C1. The highest BCUT2D eigenvalue weighted by molar-refractivity contribution is 5.99. The number of aromatic nitrogens is 1. The number of carbonyl (C=O) groups is 3. The first-order chi connectivity index (χ1) is 16.2. The monoisotopic (exact) mass is 459 g/mol. The van der Waals surface area contributed by atoms with Crippen molar-refractivity contribution in [2.45, 2.75) is 38.0 Å². The summed E-state index contributed by atoms with van der Waals surface area (Å²) in [5.74, 6) is -0.546. The summed E-state index contributed by atoms with van der Waals surface area (Å²) in [5.41, 5.74) is 7.54. The number of rotatable bonds is 5. The fourth-order valence-corrected chi connectivity index (χ4v) is 4.88. The Morgan fingerprint density at radius 2 is 1.82 bits per heavy atom. The van der Waals surface area contributed by atoms with Crippen LogP contribution in [-0.4, -0.2) is 63.3 Å². The van der Waals surface area contributed by atoms with Crippen LogP contribution < -0.4 is 11.1 Å². The molecule has 2 atom stereocenters. The molecular weight excluding hydrogens is 430 g/mol. The predicted octanol–water partition coefficient (Wildman–Crippen LogP) is 1.90. The van der Waals surface area contributed by atoms with Crippen LogP contribution in [0.2, 0.25) is 0 Å². The Morgan fingerprint density at radius 1 is 1.09 bits per heavy atom. The third-order valence-corrected chi connectivity index (χ3v) is 6.75. The van der Waals surface area contributed by atoms with E-state index >= 15 is 0 Å². The minimum Gasteiger partial charge on any atom is -0.345 e. The second kappa shape index (κ2) is 8.29. The van der Waals surface area contributed by atoms with Gasteiger partial charge in [0, 0.05) is 36.9 Å². The number of piperazine rings is 1. The Bertz CT molecular complexity index is 1270. The molecule has 2 aromatic carbocycles. The zero-order valence-corrected chi connectivity index (χ0v) is 19.4. The highest BCUT2D eigenvalue weighted by Crippen LogP contribution is 2.36. The van der Waals surface area contributed by atoms with Crippen LogP contribution in [0.3, 0.4) is 0 Å². The molecule has 8 nitrogen and oxygen atoms in total. The minimum absolute atomic E-state index is 0.0150. The van der Waals surface area contributed by atoms with Crippen molar-refractivity contribution in [3.63, 3.8) is 0 Å². The van der Waals surface area contributed by atoms with Crippen LogP contribution in [0, 0.1) is 0 Å². The van der Waals surface area contributed by atoms with Crippen molar-refractivity contribution in [3.8, 4) is 0 Å². The Kier molecular flexibility index (Phi) is 5.40. The molecule has 3 heterocycles. The molecule has 1 unspecified atom stereocenters. The van der Waals surface area contributed by atoms with E-state index in [1.165, 1.54) is 0 Å². The van der Waals surface area contributed by atoms with Crippen molar-refractivity contribution in [3.05, 3.63) is 71.9 Å². The van der Waals surface area contributed by atoms with E-state index in [1.807, 2.05) is 70.3 Å². The van der Waals surface area contributed by atoms with E-state index in [9.17, 15) is 14.4 Å². The lowest BCUT2D eigenvalue weighted by Crippen LogP contribution is -2.59. The molecule has 3 aromatic rings. The Balaban J connectivity index is 1.41. The van der Waals surface area contributed by atoms with E-state index in [0.717, 1.165) is 16.5 Å². The number of hydrogen-bond acceptors (Lipinski definition) is 4. The van der Waals surface area contributed by atoms with Crippen molar-refractivity contribution in [1.82, 2.24) is 19.7 Å². The molecule has 5 rings (SSSR count). The van der Waals surface area contributed by atoms with E-state index in [2.05, 4.69) is 5.32 Å². The second-order valence-corrected chi connectivity index (χ2v) is 9.66. The highest BCUT2D eigenvalue weighted by Gasteiger charge is 2.42. The van der Waals surface area contributed by atoms with Crippen LogP contribution in [0.4, 0.5) is 0 Å². The number of nitrogens with zero attached hydrogens (tertiary/aromatic N) is 3. The fraction of sp³-hybridized carbons (Fsp3) is 0.346. The van der Waals surface area contributed by atoms with Gasteiger partial charge in [-0.3, -0.25) is 14.4 Å². The molecule has 1 fully saturated rings. The van der Waals surface area contributed by atoms with Gasteiger partial charge in [-0.1, -0.05) is 36.4 Å². The lowest BCUT2D eigenvalue weighted by atomic mass is 10.0. The number of fused-ring (bicyclic) bond motifs is 4. The third-order valence-electron chi connectivity index (χ3n) is 6.75. The van der Waals surface area contributed by atoms with Gasteiger partial charge in [-0.25, -0.2) is 0 Å². The number of para-hydroxylation sites is 1. The summed E-state index contributed by atoms with van der Waals surface area (Å²) in [4.78, 5) is 42.9. The summed E-state index contributed by atoms with van der Waals surface area (Å²) in [7, 11) is 0. The van der Waals surface area contributed by atoms with E-state index in [-0.39, 0.29) is 30.3 Å². The number of amides is 3. The molecule has 176 valence electrons. The maximum Gasteiger partial charge on any atom is 0.254 e. The van der Waals surface area contributed by atoms with Crippen LogP contribution in [0.25, 0.3) is 10.9 Å². The maximum atomic E-state index is 13.8. The van der Waals surface area contributed by atoms with Crippen molar-refractivity contribution >= 4 is 28.6 Å². The first-order valence-corrected chi connectivity index (χ1v) is 11.6. The van der Waals surface area contributed by atoms with E-state index in [4.69, 9.17) is 5.73 Å². The average Bonchev–Trinajstić information content (AvgIpc) is 3.36. The Labute approximate surface area is 198 Å². The first kappa shape index (κ1) is 22.2. The van der Waals surface area contributed by atoms with Crippen molar-refractivity contribution in [2.75, 3.05) is 19.6 Å². The molecule has 0 spiro atoms. The molecule has 2 aliphatic rings. The zero-order chi connectivity index (χ0) is 24.0. The molecule has 34 heavy (non-hydrogen) atoms. The molecule has 1 saturated heterocycles. The van der Waals surface area contributed by atoms with Gasteiger partial charge >= 0.3 is 0 Å². The second-order valence-electron chi connectivity index (χ2n) is 9.66. The van der Waals surface area contributed by atoms with E-state index in [0.29, 0.717) is 25.2 Å². The molecule has 3 amide bonds. The van der Waals surface area contributed by atoms with Gasteiger partial charge in [0.2, 0.25) is 11.8 Å². The summed E-state index contributed by atoms with van der Waals surface area (Å²) >= 11 is 0. The largest absolute Gasteiger partial charge is 0.345 e. The first-order valence-electron chi connectivity index (χ1n) is 11.6. The molecule has 0 bridgehead atoms. The number of nitrogens with two attached hydrogens (primary N) is 1. The Morgan fingerprint density at radius 3 is 2.62 bits per heavy atom. The molecule has 2 aliphatic heterocycles. The van der Waals surface area contributed by atoms with E-state index < -0.39 is 11.6 Å². The van der Waals surface area contributed by atoms with Gasteiger partial charge in [-0.15, -0.1) is 0 Å². The molecule has 8 heteroatoms. The van der Waals surface area contributed by atoms with Gasteiger partial charge in [-0.2, -0.15) is 0 Å². The highest BCUT2D eigenvalue weighted by atomic mass is 16.2. The van der Waals surface area contributed by atoms with Gasteiger partial charge in [0.05, 0.1) is 18.1 Å². The molecule has 0 aliphatic carbocycles. The molecule has 0 radical (unpaired) electrons. The van der Waals surface area contributed by atoms with Crippen LogP contribution in [-0.2, 0) is 16.1 Å². The van der Waals surface area contributed by atoms with Crippen molar-refractivity contribution in [2.24, 2.45) is 5.73 Å². The topological polar surface area (TPSA) is 101 Å². The van der Waals surface area contributed by atoms with Gasteiger partial charge in [0.15, 0.2) is 0 Å². The van der Waals surface area contributed by atoms with Crippen molar-refractivity contribution < 1.29 is 14.4 Å². The Hall–Kier alpha value is -3.65. The summed E-state index contributed by atoms with van der Waals surface area (Å²) in [6.07, 6.45) is 1.93. The zero-order valence-electron chi connectivity index (χ0n) is 19.4. The maximum absolute atomic E-state index is 13.8. The summed E-state index contributed by atoms with van der Waals surface area (Å²) in [5, 5.41) is 3.95. The lowest BCUT2D eigenvalue weighted by molar-refractivity contribution is -0.139. The molecular formula is C26H29N5O3. The molecule has 0 saturated carbocycles. The normalized spacial score (nSPS) is 18.6. The fourth-order valence-electron chi connectivity index (χ4n) is 4.88. The van der Waals surface area contributed by atoms with Crippen LogP contribution >= 0.6 is 0 Å². The standard InChI is InChI=1S/C26H29N5O3/c1-26(2,27)25(34)28-20(15-29-12-11-17-7-3-6-10-21(17)29)24(33)30-13-14-31-22(16-30)18-8-4-5-9-19(18)23(31)32/h3-12,20,22H,13-16,27H2,1-2H3,(H,28,34)/t20-,22?/m1/s1. The quantitative estimate of drug-likeness (QED) is 0.609. The van der Waals surface area contributed by atoms with Crippen LogP contribution in [0.15, 0.2) is 60.8 Å². The molecule has 1 aromatic heterocycles. The predicted molar refractivity (Wildman–Crippen MR) is 129 cm³/mol. The van der Waals surface area contributed by atoms with Gasteiger partial charge in [0.1, 0.15) is 6.04 Å². The minimum atomic E-state index is -1.12. The summed E-state index contributed by atoms with van der Waals surface area (Å²) in [6.45, 7) is 4.80. The third kappa shape index (κ3) is 3.84. The summed E-state index contributed by atoms with van der Waals surface area (Å²) in [6, 6.07) is 16.5. The number of carbonyl (C=O) groups excluding carboxylic acids is 3. The van der Waals surface area contributed by atoms with Crippen molar-refractivity contribution in [1.29, 1.82) is 0 Å². The summed E-state index contributed by atoms with van der Waals surface area (Å²) < 4.78 is 1.98. The number of benzene rings is 2. The molecule has 3 N–H and O–H groups in total. The lowest BCUT2D eigenvalue weighted by Gasteiger charge is -2.39. The van der Waals surface area contributed by atoms with Gasteiger partial charge in [-0.05, 0) is 43.0 Å². The van der Waals surface area contributed by atoms with Crippen LogP contribution in [0.5, 0.6) is 0 Å². The van der Waals surface area contributed by atoms with Crippen LogP contribution in [0.1, 0.15) is 35.8 Å². The smallest absolute Gasteiger partial charge is 0.254 e. The van der Waals surface area contributed by atoms with Gasteiger partial charge < -0.3 is 25.4 Å². The number of hydrogen-bond donors (Lipinski definition) is 2. The number of nitrogens with one attached hydrogen (secondary N) is 1.